The lowest BCUT2D eigenvalue weighted by molar-refractivity contribution is -0.141. The van der Waals surface area contributed by atoms with Crippen LogP contribution in [0.15, 0.2) is 0 Å². The number of piperidine rings is 1. The summed E-state index contributed by atoms with van der Waals surface area (Å²) >= 11 is 0. The molecule has 5 heteroatoms. The fraction of sp³-hybridized carbons (Fsp3) is 0.824. The lowest BCUT2D eigenvalue weighted by atomic mass is 9.81. The summed E-state index contributed by atoms with van der Waals surface area (Å²) in [5.41, 5.74) is 0. The van der Waals surface area contributed by atoms with Gasteiger partial charge in [-0.2, -0.15) is 0 Å². The molecule has 0 radical (unpaired) electrons. The van der Waals surface area contributed by atoms with E-state index in [0.29, 0.717) is 0 Å². The summed E-state index contributed by atoms with van der Waals surface area (Å²) in [6.07, 6.45) is 7.32. The fourth-order valence-electron chi connectivity index (χ4n) is 4.27. The third-order valence-corrected chi connectivity index (χ3v) is 5.61. The van der Waals surface area contributed by atoms with E-state index in [-0.39, 0.29) is 48.6 Å². The second-order valence-corrected chi connectivity index (χ2v) is 7.01. The Labute approximate surface area is 132 Å². The molecule has 3 aliphatic rings. The van der Waals surface area contributed by atoms with Crippen LogP contribution in [-0.4, -0.2) is 46.7 Å². The summed E-state index contributed by atoms with van der Waals surface area (Å²) in [6.45, 7) is 3.16. The summed E-state index contributed by atoms with van der Waals surface area (Å²) in [5, 5.41) is 0. The number of imide groups is 1. The van der Waals surface area contributed by atoms with Crippen molar-refractivity contribution in [2.75, 3.05) is 13.1 Å². The Morgan fingerprint density at radius 3 is 2.18 bits per heavy atom. The van der Waals surface area contributed by atoms with Crippen molar-refractivity contribution < 1.29 is 14.4 Å². The van der Waals surface area contributed by atoms with Crippen LogP contribution in [0, 0.1) is 11.8 Å². The first-order valence-corrected chi connectivity index (χ1v) is 8.74. The van der Waals surface area contributed by atoms with Gasteiger partial charge in [-0.05, 0) is 39.0 Å². The van der Waals surface area contributed by atoms with Gasteiger partial charge in [0.05, 0.1) is 11.8 Å². The van der Waals surface area contributed by atoms with E-state index >= 15 is 0 Å². The summed E-state index contributed by atoms with van der Waals surface area (Å²) in [4.78, 5) is 40.4. The average Bonchev–Trinajstić information content (AvgIpc) is 2.77. The van der Waals surface area contributed by atoms with Gasteiger partial charge in [-0.15, -0.1) is 0 Å². The minimum Gasteiger partial charge on any atom is -0.340 e. The topological polar surface area (TPSA) is 57.7 Å². The van der Waals surface area contributed by atoms with E-state index in [1.54, 1.807) is 0 Å². The molecule has 0 N–H and O–H groups in total. The van der Waals surface area contributed by atoms with Crippen LogP contribution in [0.4, 0.5) is 0 Å². The van der Waals surface area contributed by atoms with Gasteiger partial charge in [0.1, 0.15) is 0 Å². The Hall–Kier alpha value is -1.39. The van der Waals surface area contributed by atoms with E-state index in [1.165, 1.54) is 11.3 Å². The van der Waals surface area contributed by atoms with Gasteiger partial charge in [0, 0.05) is 25.6 Å². The van der Waals surface area contributed by atoms with Gasteiger partial charge >= 0.3 is 0 Å². The van der Waals surface area contributed by atoms with Crippen LogP contribution in [0.5, 0.6) is 0 Å². The zero-order chi connectivity index (χ0) is 15.7. The van der Waals surface area contributed by atoms with E-state index < -0.39 is 0 Å². The molecular weight excluding hydrogens is 280 g/mol. The first kappa shape index (κ1) is 15.5. The molecule has 1 saturated carbocycles. The molecule has 3 amide bonds. The van der Waals surface area contributed by atoms with Crippen LogP contribution >= 0.6 is 0 Å². The van der Waals surface area contributed by atoms with Crippen LogP contribution in [0.3, 0.4) is 0 Å². The van der Waals surface area contributed by atoms with Crippen molar-refractivity contribution >= 4 is 17.7 Å². The smallest absolute Gasteiger partial charge is 0.233 e. The maximum atomic E-state index is 12.4. The molecule has 0 aromatic rings. The predicted octanol–water partition coefficient (Wildman–Crippen LogP) is 1.95. The number of nitrogens with zero attached hydrogens (tertiary/aromatic N) is 2. The first-order chi connectivity index (χ1) is 10.6. The number of fused-ring (bicyclic) bond motifs is 1. The summed E-state index contributed by atoms with van der Waals surface area (Å²) in [5.74, 6) is -0.193. The van der Waals surface area contributed by atoms with E-state index in [0.717, 1.165) is 45.1 Å². The molecule has 3 unspecified atom stereocenters. The van der Waals surface area contributed by atoms with Gasteiger partial charge < -0.3 is 4.90 Å². The van der Waals surface area contributed by atoms with E-state index in [1.807, 2.05) is 4.90 Å². The quantitative estimate of drug-likeness (QED) is 0.749. The highest BCUT2D eigenvalue weighted by atomic mass is 16.2. The van der Waals surface area contributed by atoms with E-state index in [2.05, 4.69) is 6.92 Å². The Kier molecular flexibility index (Phi) is 4.50. The van der Waals surface area contributed by atoms with Crippen molar-refractivity contribution in [2.24, 2.45) is 11.8 Å². The zero-order valence-corrected chi connectivity index (χ0v) is 13.4. The van der Waals surface area contributed by atoms with Gasteiger partial charge in [-0.3, -0.25) is 19.3 Å². The molecule has 2 heterocycles. The maximum absolute atomic E-state index is 12.4. The van der Waals surface area contributed by atoms with Crippen LogP contribution in [0.1, 0.15) is 58.3 Å². The van der Waals surface area contributed by atoms with Gasteiger partial charge in [0.2, 0.25) is 17.7 Å². The molecule has 22 heavy (non-hydrogen) atoms. The molecule has 0 aromatic heterocycles. The van der Waals surface area contributed by atoms with Crippen molar-refractivity contribution in [3.8, 4) is 0 Å². The largest absolute Gasteiger partial charge is 0.340 e. The van der Waals surface area contributed by atoms with Gasteiger partial charge in [-0.25, -0.2) is 0 Å². The monoisotopic (exact) mass is 306 g/mol. The molecule has 0 spiro atoms. The Bertz CT molecular complexity index is 453. The lowest BCUT2D eigenvalue weighted by Gasteiger charge is -2.33. The van der Waals surface area contributed by atoms with Crippen molar-refractivity contribution in [1.29, 1.82) is 0 Å². The number of carbonyl (C=O) groups excluding carboxylic acids is 3. The maximum Gasteiger partial charge on any atom is 0.233 e. The minimum atomic E-state index is -0.106. The molecule has 122 valence electrons. The molecule has 0 aromatic carbocycles. The van der Waals surface area contributed by atoms with Crippen LogP contribution in [-0.2, 0) is 14.4 Å². The van der Waals surface area contributed by atoms with Crippen LogP contribution in [0.25, 0.3) is 0 Å². The first-order valence-electron chi connectivity index (χ1n) is 8.74. The van der Waals surface area contributed by atoms with Gasteiger partial charge in [-0.1, -0.05) is 12.8 Å². The average molecular weight is 306 g/mol. The molecular formula is C17H26N2O3. The number of rotatable bonds is 3. The summed E-state index contributed by atoms with van der Waals surface area (Å²) in [7, 11) is 0. The Morgan fingerprint density at radius 2 is 1.59 bits per heavy atom. The van der Waals surface area contributed by atoms with Gasteiger partial charge in [0.25, 0.3) is 0 Å². The van der Waals surface area contributed by atoms with E-state index in [4.69, 9.17) is 0 Å². The lowest BCUT2D eigenvalue weighted by Crippen LogP contribution is -2.43. The Balaban J connectivity index is 1.58. The zero-order valence-electron chi connectivity index (χ0n) is 13.4. The molecule has 3 fully saturated rings. The highest BCUT2D eigenvalue weighted by Crippen LogP contribution is 2.38. The number of carbonyl (C=O) groups is 3. The third kappa shape index (κ3) is 2.77. The number of hydrogen-bond donors (Lipinski definition) is 0. The predicted molar refractivity (Wildman–Crippen MR) is 81.8 cm³/mol. The summed E-state index contributed by atoms with van der Waals surface area (Å²) < 4.78 is 0. The van der Waals surface area contributed by atoms with E-state index in [9.17, 15) is 14.4 Å². The Morgan fingerprint density at radius 1 is 1.00 bits per heavy atom. The van der Waals surface area contributed by atoms with Crippen molar-refractivity contribution in [3.63, 3.8) is 0 Å². The normalized spacial score (nSPS) is 32.3. The SMILES string of the molecule is CC1CCCCN1C(=O)CCN1C(=O)C2CCCCC2C1=O. The van der Waals surface area contributed by atoms with Crippen molar-refractivity contribution in [3.05, 3.63) is 0 Å². The number of amides is 3. The highest BCUT2D eigenvalue weighted by Gasteiger charge is 2.47. The van der Waals surface area contributed by atoms with Crippen molar-refractivity contribution in [2.45, 2.75) is 64.3 Å². The fourth-order valence-corrected chi connectivity index (χ4v) is 4.27. The second kappa shape index (κ2) is 6.39. The van der Waals surface area contributed by atoms with Crippen LogP contribution < -0.4 is 0 Å². The molecule has 2 saturated heterocycles. The minimum absolute atomic E-state index is 0.0332. The molecule has 3 rings (SSSR count). The molecule has 3 atom stereocenters. The number of likely N-dealkylation sites (tertiary alicyclic amines) is 2. The van der Waals surface area contributed by atoms with Crippen LogP contribution in [0.2, 0.25) is 0 Å². The molecule has 1 aliphatic carbocycles. The molecule has 0 bridgehead atoms. The van der Waals surface area contributed by atoms with Crippen molar-refractivity contribution in [1.82, 2.24) is 9.80 Å². The highest BCUT2D eigenvalue weighted by molar-refractivity contribution is 6.05. The van der Waals surface area contributed by atoms with Gasteiger partial charge in [0.15, 0.2) is 0 Å². The second-order valence-electron chi connectivity index (χ2n) is 7.01. The molecule has 2 aliphatic heterocycles. The summed E-state index contributed by atoms with van der Waals surface area (Å²) in [6, 6.07) is 0.286. The molecule has 5 nitrogen and oxygen atoms in total. The standard InChI is InChI=1S/C17H26N2O3/c1-12-6-4-5-10-18(12)15(20)9-11-19-16(21)13-7-2-3-8-14(13)17(19)22/h12-14H,2-11H2,1H3. The third-order valence-electron chi connectivity index (χ3n) is 5.61. The number of hydrogen-bond acceptors (Lipinski definition) is 3.